The van der Waals surface area contributed by atoms with Crippen LogP contribution in [0.3, 0.4) is 0 Å². The van der Waals surface area contributed by atoms with Gasteiger partial charge in [0.05, 0.1) is 35.5 Å². The summed E-state index contributed by atoms with van der Waals surface area (Å²) in [5.74, 6) is -0.955. The predicted octanol–water partition coefficient (Wildman–Crippen LogP) is 4.96. The standard InChI is InChI=1S/C37H39ClFN8O7P/c1-52-30-18-24(8-9-27(30)42-37-40-19-25(38)34(44-37)41-28-6-4-5-7-31(28)55(51,53-2)54-3)46-14-12-45(13-15-46)20-22-16-23-21-47(36(50)33(23)26(39)17-22)29-10-11-32(48)43-35(29)49/h4-9,16-19,29H,10-15,20-21H2,1-3H3,(H,43,48,49)(H2,40,41,42,44). The van der Waals surface area contributed by atoms with Crippen LogP contribution in [0.5, 0.6) is 5.75 Å². The molecule has 0 radical (unpaired) electrons. The third-order valence-electron chi connectivity index (χ3n) is 9.89. The number of ether oxygens (including phenoxy) is 1. The highest BCUT2D eigenvalue weighted by Gasteiger charge is 2.40. The van der Waals surface area contributed by atoms with Gasteiger partial charge < -0.3 is 34.2 Å². The van der Waals surface area contributed by atoms with Gasteiger partial charge in [0.1, 0.15) is 22.6 Å². The molecule has 1 unspecified atom stereocenters. The number of aromatic nitrogens is 2. The first-order valence-corrected chi connectivity index (χ1v) is 19.4. The third kappa shape index (κ3) is 7.86. The van der Waals surface area contributed by atoms with Gasteiger partial charge in [-0.25, -0.2) is 9.37 Å². The fourth-order valence-electron chi connectivity index (χ4n) is 7.07. The summed E-state index contributed by atoms with van der Waals surface area (Å²) in [7, 11) is 0.618. The number of carbonyl (C=O) groups is 3. The Bertz CT molecular complexity index is 2200. The lowest BCUT2D eigenvalue weighted by atomic mass is 10.0. The third-order valence-corrected chi connectivity index (χ3v) is 12.1. The molecule has 0 bridgehead atoms. The van der Waals surface area contributed by atoms with Crippen LogP contribution in [0.1, 0.15) is 34.3 Å². The lowest BCUT2D eigenvalue weighted by molar-refractivity contribution is -0.136. The van der Waals surface area contributed by atoms with Gasteiger partial charge in [0.25, 0.3) is 5.91 Å². The fourth-order valence-corrected chi connectivity index (χ4v) is 8.44. The lowest BCUT2D eigenvalue weighted by Gasteiger charge is -2.36. The van der Waals surface area contributed by atoms with Crippen molar-refractivity contribution in [3.8, 4) is 5.75 Å². The molecule has 288 valence electrons. The molecule has 2 saturated heterocycles. The minimum absolute atomic E-state index is 0.00589. The topological polar surface area (TPSA) is 168 Å². The number of hydrogen-bond acceptors (Lipinski definition) is 13. The van der Waals surface area contributed by atoms with E-state index in [0.29, 0.717) is 60.7 Å². The van der Waals surface area contributed by atoms with E-state index in [0.717, 1.165) is 11.3 Å². The van der Waals surface area contributed by atoms with Crippen LogP contribution < -0.4 is 30.9 Å². The molecule has 1 atom stereocenters. The van der Waals surface area contributed by atoms with Crippen LogP contribution in [0.15, 0.2) is 60.8 Å². The molecule has 3 N–H and O–H groups in total. The molecule has 4 heterocycles. The largest absolute Gasteiger partial charge is 0.494 e. The molecule has 0 saturated carbocycles. The Labute approximate surface area is 321 Å². The van der Waals surface area contributed by atoms with Crippen LogP contribution in [-0.2, 0) is 36.3 Å². The Balaban J connectivity index is 0.984. The number of nitrogens with one attached hydrogen (secondary N) is 3. The average molecular weight is 793 g/mol. The molecule has 1 aromatic heterocycles. The predicted molar refractivity (Wildman–Crippen MR) is 204 cm³/mol. The number of piperidine rings is 1. The number of halogens is 2. The minimum atomic E-state index is -3.58. The van der Waals surface area contributed by atoms with Crippen molar-refractivity contribution >= 4 is 71.1 Å². The number of piperazine rings is 1. The Morgan fingerprint density at radius 2 is 1.75 bits per heavy atom. The maximum atomic E-state index is 15.3. The maximum absolute atomic E-state index is 15.3. The second-order valence-corrected chi connectivity index (χ2v) is 15.8. The molecule has 3 amide bonds. The number of anilines is 5. The summed E-state index contributed by atoms with van der Waals surface area (Å²) in [6.07, 6.45) is 1.80. The lowest BCUT2D eigenvalue weighted by Crippen LogP contribution is -2.52. The SMILES string of the molecule is COc1cc(N2CCN(Cc3cc(F)c4c(c3)CN(C3CCC(=O)NC3=O)C4=O)CC2)ccc1Nc1ncc(Cl)c(Nc2ccccc2P(=O)(OC)OC)n1. The summed E-state index contributed by atoms with van der Waals surface area (Å²) >= 11 is 6.45. The van der Waals surface area contributed by atoms with Crippen LogP contribution in [0.25, 0.3) is 0 Å². The second kappa shape index (κ2) is 15.9. The first kappa shape index (κ1) is 38.2. The molecule has 2 fully saturated rings. The number of methoxy groups -OCH3 is 1. The first-order chi connectivity index (χ1) is 26.5. The monoisotopic (exact) mass is 792 g/mol. The smallest absolute Gasteiger partial charge is 0.362 e. The van der Waals surface area contributed by atoms with E-state index in [1.165, 1.54) is 31.4 Å². The van der Waals surface area contributed by atoms with Crippen molar-refractivity contribution in [2.75, 3.05) is 63.0 Å². The normalized spacial score (nSPS) is 17.6. The highest BCUT2D eigenvalue weighted by molar-refractivity contribution is 7.62. The van der Waals surface area contributed by atoms with Crippen LogP contribution in [0, 0.1) is 5.82 Å². The Morgan fingerprint density at radius 1 is 0.982 bits per heavy atom. The summed E-state index contributed by atoms with van der Waals surface area (Å²) in [4.78, 5) is 51.8. The molecule has 18 heteroatoms. The number of amides is 3. The van der Waals surface area contributed by atoms with Gasteiger partial charge in [-0.1, -0.05) is 29.8 Å². The number of fused-ring (bicyclic) bond motifs is 1. The van der Waals surface area contributed by atoms with Gasteiger partial charge in [0.15, 0.2) is 5.82 Å². The van der Waals surface area contributed by atoms with E-state index in [-0.39, 0.29) is 47.6 Å². The number of imide groups is 1. The van der Waals surface area contributed by atoms with E-state index in [2.05, 4.69) is 35.7 Å². The number of benzene rings is 3. The van der Waals surface area contributed by atoms with Crippen molar-refractivity contribution < 1.29 is 37.1 Å². The Morgan fingerprint density at radius 3 is 2.47 bits per heavy atom. The van der Waals surface area contributed by atoms with E-state index in [1.807, 2.05) is 24.3 Å². The van der Waals surface area contributed by atoms with Gasteiger partial charge in [-0.2, -0.15) is 4.98 Å². The van der Waals surface area contributed by atoms with Crippen molar-refractivity contribution in [3.05, 3.63) is 88.3 Å². The maximum Gasteiger partial charge on any atom is 0.362 e. The van der Waals surface area contributed by atoms with Crippen molar-refractivity contribution in [2.45, 2.75) is 32.0 Å². The molecule has 3 aliphatic rings. The first-order valence-electron chi connectivity index (χ1n) is 17.5. The number of nitrogens with zero attached hydrogens (tertiary/aromatic N) is 5. The molecule has 4 aromatic rings. The van der Waals surface area contributed by atoms with E-state index in [9.17, 15) is 18.9 Å². The van der Waals surface area contributed by atoms with Gasteiger partial charge >= 0.3 is 7.60 Å². The Hall–Kier alpha value is -5.12. The van der Waals surface area contributed by atoms with E-state index in [1.54, 1.807) is 31.4 Å². The molecule has 7 rings (SSSR count). The zero-order valence-electron chi connectivity index (χ0n) is 30.3. The summed E-state index contributed by atoms with van der Waals surface area (Å²) < 4.78 is 44.6. The van der Waals surface area contributed by atoms with Crippen LogP contribution >= 0.6 is 19.2 Å². The van der Waals surface area contributed by atoms with Crippen molar-refractivity contribution in [2.24, 2.45) is 0 Å². The van der Waals surface area contributed by atoms with Crippen LogP contribution in [0.2, 0.25) is 5.02 Å². The van der Waals surface area contributed by atoms with Gasteiger partial charge in [0, 0.05) is 71.7 Å². The fraction of sp³-hybridized carbons (Fsp3) is 0.324. The summed E-state index contributed by atoms with van der Waals surface area (Å²) in [5, 5.41) is 9.14. The van der Waals surface area contributed by atoms with Crippen molar-refractivity contribution in [3.63, 3.8) is 0 Å². The van der Waals surface area contributed by atoms with Gasteiger partial charge in [0.2, 0.25) is 17.8 Å². The summed E-state index contributed by atoms with van der Waals surface area (Å²) in [5.41, 5.74) is 3.30. The zero-order valence-corrected chi connectivity index (χ0v) is 32.0. The number of hydrogen-bond donors (Lipinski definition) is 3. The number of carbonyl (C=O) groups excluding carboxylic acids is 3. The highest BCUT2D eigenvalue weighted by atomic mass is 35.5. The molecular weight excluding hydrogens is 754 g/mol. The highest BCUT2D eigenvalue weighted by Crippen LogP contribution is 2.47. The average Bonchev–Trinajstić information content (AvgIpc) is 3.52. The van der Waals surface area contributed by atoms with E-state index in [4.69, 9.17) is 25.4 Å². The molecule has 3 aliphatic heterocycles. The Kier molecular flexibility index (Phi) is 11.1. The number of rotatable bonds is 12. The molecule has 3 aromatic carbocycles. The summed E-state index contributed by atoms with van der Waals surface area (Å²) in [6.45, 7) is 3.46. The van der Waals surface area contributed by atoms with Crippen molar-refractivity contribution in [1.29, 1.82) is 0 Å². The van der Waals surface area contributed by atoms with Gasteiger partial charge in [-0.3, -0.25) is 29.2 Å². The van der Waals surface area contributed by atoms with Crippen LogP contribution in [0.4, 0.5) is 33.2 Å². The zero-order chi connectivity index (χ0) is 38.9. The molecule has 55 heavy (non-hydrogen) atoms. The molecule has 0 aliphatic carbocycles. The minimum Gasteiger partial charge on any atom is -0.494 e. The molecule has 0 spiro atoms. The van der Waals surface area contributed by atoms with Crippen LogP contribution in [-0.4, -0.2) is 91.0 Å². The van der Waals surface area contributed by atoms with E-state index < -0.39 is 31.3 Å². The number of para-hydroxylation sites is 1. The summed E-state index contributed by atoms with van der Waals surface area (Å²) in [6, 6.07) is 15.1. The van der Waals surface area contributed by atoms with Crippen molar-refractivity contribution in [1.82, 2.24) is 25.1 Å². The quantitative estimate of drug-likeness (QED) is 0.130. The van der Waals surface area contributed by atoms with Gasteiger partial charge in [-0.15, -0.1) is 0 Å². The molecule has 15 nitrogen and oxygen atoms in total. The van der Waals surface area contributed by atoms with E-state index >= 15 is 4.39 Å². The second-order valence-electron chi connectivity index (χ2n) is 13.2. The van der Waals surface area contributed by atoms with Gasteiger partial charge in [-0.05, 0) is 47.9 Å². The molecular formula is C37H39ClFN8O7P.